The molecule has 24 heavy (non-hydrogen) atoms. The van der Waals surface area contributed by atoms with Crippen molar-refractivity contribution in [3.63, 3.8) is 0 Å². The first-order chi connectivity index (χ1) is 11.3. The van der Waals surface area contributed by atoms with Gasteiger partial charge in [-0.1, -0.05) is 30.3 Å². The number of guanidine groups is 1. The van der Waals surface area contributed by atoms with Gasteiger partial charge >= 0.3 is 0 Å². The molecule has 3 rings (SSSR count). The van der Waals surface area contributed by atoms with E-state index in [4.69, 9.17) is 0 Å². The molecular formula is C18H25IN4S. The maximum atomic E-state index is 4.69. The molecule has 2 atom stereocenters. The molecule has 0 radical (unpaired) electrons. The minimum absolute atomic E-state index is 0. The molecule has 1 saturated carbocycles. The molecule has 0 bridgehead atoms. The number of thiazole rings is 1. The molecule has 6 heteroatoms. The zero-order chi connectivity index (χ0) is 16.1. The second kappa shape index (κ2) is 9.36. The van der Waals surface area contributed by atoms with Crippen LogP contribution in [0.3, 0.4) is 0 Å². The van der Waals surface area contributed by atoms with Crippen molar-refractivity contribution in [2.75, 3.05) is 13.1 Å². The maximum absolute atomic E-state index is 4.69. The Labute approximate surface area is 165 Å². The first-order valence-electron chi connectivity index (χ1n) is 8.27. The monoisotopic (exact) mass is 456 g/mol. The normalized spacial score (nSPS) is 19.5. The number of aromatic nitrogens is 1. The molecule has 1 heterocycles. The van der Waals surface area contributed by atoms with Crippen LogP contribution in [0.5, 0.6) is 0 Å². The number of nitrogens with zero attached hydrogens (tertiary/aromatic N) is 2. The van der Waals surface area contributed by atoms with Gasteiger partial charge in [-0.25, -0.2) is 4.98 Å². The summed E-state index contributed by atoms with van der Waals surface area (Å²) < 4.78 is 0. The summed E-state index contributed by atoms with van der Waals surface area (Å²) in [6, 6.07) is 11.2. The van der Waals surface area contributed by atoms with E-state index in [9.17, 15) is 0 Å². The molecular weight excluding hydrogens is 431 g/mol. The SMILES string of the molecule is CCNC(=NCCc1csc(C)n1)NC1CC1c1ccccc1.I. The number of benzene rings is 1. The Hall–Kier alpha value is -1.15. The van der Waals surface area contributed by atoms with Crippen LogP contribution in [0.25, 0.3) is 0 Å². The second-order valence-electron chi connectivity index (χ2n) is 5.87. The smallest absolute Gasteiger partial charge is 0.191 e. The van der Waals surface area contributed by atoms with Crippen molar-refractivity contribution >= 4 is 41.3 Å². The molecule has 1 aromatic carbocycles. The second-order valence-corrected chi connectivity index (χ2v) is 6.93. The highest BCUT2D eigenvalue weighted by Gasteiger charge is 2.38. The van der Waals surface area contributed by atoms with Crippen LogP contribution in [0.1, 0.15) is 35.5 Å². The number of aliphatic imine (C=N–C) groups is 1. The average Bonchev–Trinajstić information content (AvgIpc) is 3.21. The molecule has 0 spiro atoms. The lowest BCUT2D eigenvalue weighted by atomic mass is 10.1. The topological polar surface area (TPSA) is 49.3 Å². The van der Waals surface area contributed by atoms with Crippen molar-refractivity contribution in [3.8, 4) is 0 Å². The Bertz CT molecular complexity index is 656. The fraction of sp³-hybridized carbons (Fsp3) is 0.444. The number of hydrogen-bond donors (Lipinski definition) is 2. The van der Waals surface area contributed by atoms with Crippen LogP contribution < -0.4 is 10.6 Å². The summed E-state index contributed by atoms with van der Waals surface area (Å²) in [6.07, 6.45) is 2.08. The standard InChI is InChI=1S/C18H24N4S.HI/c1-3-19-18(20-10-9-15-12-23-13(2)21-15)22-17-11-16(17)14-7-5-4-6-8-14;/h4-8,12,16-17H,3,9-11H2,1-2H3,(H2,19,20,22);1H. The van der Waals surface area contributed by atoms with E-state index in [2.05, 4.69) is 63.2 Å². The molecule has 2 N–H and O–H groups in total. The van der Waals surface area contributed by atoms with Crippen molar-refractivity contribution in [2.45, 2.75) is 38.6 Å². The van der Waals surface area contributed by atoms with E-state index in [1.54, 1.807) is 11.3 Å². The van der Waals surface area contributed by atoms with Crippen LogP contribution in [-0.2, 0) is 6.42 Å². The van der Waals surface area contributed by atoms with Gasteiger partial charge in [0.25, 0.3) is 0 Å². The maximum Gasteiger partial charge on any atom is 0.191 e. The minimum Gasteiger partial charge on any atom is -0.357 e. The van der Waals surface area contributed by atoms with E-state index in [0.29, 0.717) is 12.0 Å². The lowest BCUT2D eigenvalue weighted by Gasteiger charge is -2.11. The largest absolute Gasteiger partial charge is 0.357 e. The predicted octanol–water partition coefficient (Wildman–Crippen LogP) is 3.72. The third-order valence-electron chi connectivity index (χ3n) is 3.99. The Morgan fingerprint density at radius 1 is 1.33 bits per heavy atom. The van der Waals surface area contributed by atoms with Gasteiger partial charge in [0.15, 0.2) is 5.96 Å². The Morgan fingerprint density at radius 3 is 2.79 bits per heavy atom. The number of hydrogen-bond acceptors (Lipinski definition) is 3. The highest BCUT2D eigenvalue weighted by atomic mass is 127. The van der Waals surface area contributed by atoms with E-state index in [0.717, 1.165) is 36.2 Å². The van der Waals surface area contributed by atoms with Gasteiger partial charge in [-0.2, -0.15) is 0 Å². The zero-order valence-electron chi connectivity index (χ0n) is 14.2. The van der Waals surface area contributed by atoms with Crippen LogP contribution in [0.15, 0.2) is 40.7 Å². The van der Waals surface area contributed by atoms with E-state index < -0.39 is 0 Å². The summed E-state index contributed by atoms with van der Waals surface area (Å²) in [4.78, 5) is 9.17. The average molecular weight is 456 g/mol. The highest BCUT2D eigenvalue weighted by molar-refractivity contribution is 14.0. The first-order valence-corrected chi connectivity index (χ1v) is 9.15. The molecule has 1 aromatic heterocycles. The fourth-order valence-electron chi connectivity index (χ4n) is 2.72. The number of rotatable bonds is 6. The van der Waals surface area contributed by atoms with Gasteiger partial charge in [0.05, 0.1) is 10.7 Å². The molecule has 0 aliphatic heterocycles. The highest BCUT2D eigenvalue weighted by Crippen LogP contribution is 2.40. The van der Waals surface area contributed by atoms with Gasteiger partial charge in [0, 0.05) is 36.9 Å². The summed E-state index contributed by atoms with van der Waals surface area (Å²) in [5, 5.41) is 10.1. The van der Waals surface area contributed by atoms with Crippen LogP contribution in [0.4, 0.5) is 0 Å². The summed E-state index contributed by atoms with van der Waals surface area (Å²) in [6.45, 7) is 5.79. The first kappa shape index (κ1) is 19.2. The van der Waals surface area contributed by atoms with E-state index >= 15 is 0 Å². The molecule has 0 amide bonds. The molecule has 2 unspecified atom stereocenters. The molecule has 130 valence electrons. The van der Waals surface area contributed by atoms with Crippen LogP contribution in [0.2, 0.25) is 0 Å². The zero-order valence-corrected chi connectivity index (χ0v) is 17.3. The van der Waals surface area contributed by atoms with Gasteiger partial charge in [0.2, 0.25) is 0 Å². The Morgan fingerprint density at radius 2 is 2.12 bits per heavy atom. The third-order valence-corrected chi connectivity index (χ3v) is 4.81. The van der Waals surface area contributed by atoms with Crippen molar-refractivity contribution in [1.82, 2.24) is 15.6 Å². The molecule has 1 fully saturated rings. The number of halogens is 1. The van der Waals surface area contributed by atoms with Gasteiger partial charge in [-0.05, 0) is 25.8 Å². The number of aryl methyl sites for hydroxylation is 1. The summed E-state index contributed by atoms with van der Waals surface area (Å²) in [7, 11) is 0. The van der Waals surface area contributed by atoms with Crippen molar-refractivity contribution < 1.29 is 0 Å². The van der Waals surface area contributed by atoms with Crippen molar-refractivity contribution in [3.05, 3.63) is 52.0 Å². The summed E-state index contributed by atoms with van der Waals surface area (Å²) >= 11 is 1.70. The lowest BCUT2D eigenvalue weighted by Crippen LogP contribution is -2.39. The molecule has 1 aliphatic rings. The van der Waals surface area contributed by atoms with Crippen LogP contribution >= 0.6 is 35.3 Å². The molecule has 0 saturated heterocycles. The Balaban J connectivity index is 0.00000208. The van der Waals surface area contributed by atoms with Crippen molar-refractivity contribution in [2.24, 2.45) is 4.99 Å². The molecule has 2 aromatic rings. The third kappa shape index (κ3) is 5.44. The lowest BCUT2D eigenvalue weighted by molar-refractivity contribution is 0.790. The van der Waals surface area contributed by atoms with Crippen LogP contribution in [0, 0.1) is 6.92 Å². The number of nitrogens with one attached hydrogen (secondary N) is 2. The van der Waals surface area contributed by atoms with Crippen LogP contribution in [-0.4, -0.2) is 30.1 Å². The van der Waals surface area contributed by atoms with E-state index in [1.807, 2.05) is 6.92 Å². The van der Waals surface area contributed by atoms with Gasteiger partial charge in [0.1, 0.15) is 0 Å². The van der Waals surface area contributed by atoms with Crippen molar-refractivity contribution in [1.29, 1.82) is 0 Å². The van der Waals surface area contributed by atoms with Gasteiger partial charge in [-0.15, -0.1) is 35.3 Å². The summed E-state index contributed by atoms with van der Waals surface area (Å²) in [5.41, 5.74) is 2.56. The quantitative estimate of drug-likeness (QED) is 0.396. The minimum atomic E-state index is 0. The van der Waals surface area contributed by atoms with E-state index in [-0.39, 0.29) is 24.0 Å². The predicted molar refractivity (Wildman–Crippen MR) is 113 cm³/mol. The van der Waals surface area contributed by atoms with E-state index in [1.165, 1.54) is 12.0 Å². The van der Waals surface area contributed by atoms with Gasteiger partial charge in [-0.3, -0.25) is 4.99 Å². The molecule has 4 nitrogen and oxygen atoms in total. The van der Waals surface area contributed by atoms with Gasteiger partial charge < -0.3 is 10.6 Å². The molecule has 1 aliphatic carbocycles. The Kier molecular flexibility index (Phi) is 7.48. The fourth-order valence-corrected chi connectivity index (χ4v) is 3.37. The summed E-state index contributed by atoms with van der Waals surface area (Å²) in [5.74, 6) is 1.53.